The Balaban J connectivity index is 0.00000127. The zero-order valence-electron chi connectivity index (χ0n) is 15.0. The van der Waals surface area contributed by atoms with Crippen molar-refractivity contribution in [2.24, 2.45) is 5.92 Å². The summed E-state index contributed by atoms with van der Waals surface area (Å²) in [4.78, 5) is 19.9. The van der Waals surface area contributed by atoms with Crippen molar-refractivity contribution in [3.05, 3.63) is 29.6 Å². The van der Waals surface area contributed by atoms with E-state index in [1.165, 1.54) is 4.90 Å². The summed E-state index contributed by atoms with van der Waals surface area (Å²) in [6.07, 6.45) is 2.15. The predicted molar refractivity (Wildman–Crippen MR) is 96.8 cm³/mol. The Kier molecular flexibility index (Phi) is 7.33. The third kappa shape index (κ3) is 4.84. The molecule has 1 aliphatic heterocycles. The number of carbonyl (C=O) groups is 1. The maximum atomic E-state index is 12.0. The summed E-state index contributed by atoms with van der Waals surface area (Å²) >= 11 is 0. The fourth-order valence-electron chi connectivity index (χ4n) is 2.55. The van der Waals surface area contributed by atoms with Crippen LogP contribution in [0.15, 0.2) is 18.2 Å². The predicted octanol–water partition coefficient (Wildman–Crippen LogP) is 1.99. The molecule has 1 aromatic rings. The Hall–Kier alpha value is -1.29. The van der Waals surface area contributed by atoms with Gasteiger partial charge in [0.15, 0.2) is 0 Å². The Morgan fingerprint density at radius 3 is 2.35 bits per heavy atom. The van der Waals surface area contributed by atoms with E-state index in [1.54, 1.807) is 32.3 Å². The molecule has 6 heteroatoms. The highest BCUT2D eigenvalue weighted by molar-refractivity contribution is 6.39. The minimum Gasteiger partial charge on any atom is -0.343 e. The van der Waals surface area contributed by atoms with Gasteiger partial charge in [-0.2, -0.15) is 0 Å². The fourth-order valence-corrected chi connectivity index (χ4v) is 2.55. The first-order valence-electron chi connectivity index (χ1n) is 8.34. The Labute approximate surface area is 143 Å². The van der Waals surface area contributed by atoms with Gasteiger partial charge in [0.25, 0.3) is 5.91 Å². The Morgan fingerprint density at radius 1 is 1.26 bits per heavy atom. The number of pyridine rings is 1. The van der Waals surface area contributed by atoms with Crippen molar-refractivity contribution < 1.29 is 4.79 Å². The number of hydrogen-bond acceptors (Lipinski definition) is 3. The number of rotatable bonds is 3. The lowest BCUT2D eigenvalue weighted by atomic mass is 9.58. The van der Waals surface area contributed by atoms with Gasteiger partial charge < -0.3 is 9.80 Å². The van der Waals surface area contributed by atoms with E-state index in [0.29, 0.717) is 17.3 Å². The molecule has 0 atom stereocenters. The quantitative estimate of drug-likeness (QED) is 0.801. The first kappa shape index (κ1) is 19.8. The van der Waals surface area contributed by atoms with Crippen molar-refractivity contribution in [3.63, 3.8) is 0 Å². The second kappa shape index (κ2) is 8.53. The van der Waals surface area contributed by atoms with Crippen molar-refractivity contribution >= 4 is 21.6 Å². The van der Waals surface area contributed by atoms with Crippen molar-refractivity contribution in [1.29, 1.82) is 0 Å². The molecule has 0 unspecified atom stereocenters. The van der Waals surface area contributed by atoms with Gasteiger partial charge >= 0.3 is 0 Å². The van der Waals surface area contributed by atoms with E-state index in [-0.39, 0.29) is 5.91 Å². The summed E-state index contributed by atoms with van der Waals surface area (Å²) < 4.78 is 0. The molecule has 2 heterocycles. The number of aromatic nitrogens is 1. The summed E-state index contributed by atoms with van der Waals surface area (Å²) in [6.45, 7) is 7.93. The van der Waals surface area contributed by atoms with Crippen LogP contribution in [0.2, 0.25) is 0 Å². The first-order valence-corrected chi connectivity index (χ1v) is 8.34. The molecule has 0 aromatic carbocycles. The van der Waals surface area contributed by atoms with E-state index in [2.05, 4.69) is 11.9 Å². The molecule has 4 nitrogen and oxygen atoms in total. The van der Waals surface area contributed by atoms with E-state index in [9.17, 15) is 4.79 Å². The minimum absolute atomic E-state index is 0.153. The Morgan fingerprint density at radius 2 is 1.83 bits per heavy atom. The molecule has 1 saturated heterocycles. The minimum atomic E-state index is -1.14. The van der Waals surface area contributed by atoms with Gasteiger partial charge in [0.1, 0.15) is 5.69 Å². The molecule has 0 aliphatic carbocycles. The molecule has 2 rings (SSSR count). The third-order valence-electron chi connectivity index (χ3n) is 4.09. The van der Waals surface area contributed by atoms with Crippen LogP contribution in [-0.2, 0) is 5.34 Å². The van der Waals surface area contributed by atoms with Gasteiger partial charge in [0, 0.05) is 19.8 Å². The maximum absolute atomic E-state index is 12.0. The average Bonchev–Trinajstić information content (AvgIpc) is 2.56. The highest BCUT2D eigenvalue weighted by atomic mass is 16.2. The molecule has 0 spiro atoms. The lowest BCUT2D eigenvalue weighted by Crippen LogP contribution is -2.51. The van der Waals surface area contributed by atoms with Crippen LogP contribution in [0.5, 0.6) is 0 Å². The van der Waals surface area contributed by atoms with Gasteiger partial charge in [-0.25, -0.2) is 4.98 Å². The molecule has 23 heavy (non-hydrogen) atoms. The smallest absolute Gasteiger partial charge is 0.271 e. The number of amides is 1. The maximum Gasteiger partial charge on any atom is 0.271 e. The van der Waals surface area contributed by atoms with E-state index >= 15 is 0 Å². The SMILES string of the molecule is CC.[B]C([B])(c1cccc(C(=O)N(C)C)n1)N1CCC(C)CC1. The van der Waals surface area contributed by atoms with E-state index in [4.69, 9.17) is 15.7 Å². The van der Waals surface area contributed by atoms with Crippen LogP contribution < -0.4 is 0 Å². The molecular formula is C17H27B2N3O. The fraction of sp³-hybridized carbons (Fsp3) is 0.647. The van der Waals surface area contributed by atoms with Gasteiger partial charge in [-0.15, -0.1) is 0 Å². The number of carbonyl (C=O) groups excluding carboxylic acids is 1. The largest absolute Gasteiger partial charge is 0.343 e. The zero-order valence-corrected chi connectivity index (χ0v) is 15.0. The number of nitrogens with zero attached hydrogens (tertiary/aromatic N) is 3. The van der Waals surface area contributed by atoms with Crippen LogP contribution in [0.25, 0.3) is 0 Å². The highest BCUT2D eigenvalue weighted by Crippen LogP contribution is 2.26. The molecule has 1 aromatic heterocycles. The zero-order chi connectivity index (χ0) is 17.6. The van der Waals surface area contributed by atoms with Crippen LogP contribution in [0.4, 0.5) is 0 Å². The van der Waals surface area contributed by atoms with Gasteiger partial charge in [-0.05, 0) is 49.3 Å². The molecule has 4 radical (unpaired) electrons. The van der Waals surface area contributed by atoms with E-state index in [0.717, 1.165) is 25.9 Å². The van der Waals surface area contributed by atoms with Crippen molar-refractivity contribution in [3.8, 4) is 0 Å². The summed E-state index contributed by atoms with van der Waals surface area (Å²) in [5.41, 5.74) is 0.896. The topological polar surface area (TPSA) is 36.4 Å². The van der Waals surface area contributed by atoms with Crippen molar-refractivity contribution in [2.45, 2.75) is 39.0 Å². The summed E-state index contributed by atoms with van der Waals surface area (Å²) in [6, 6.07) is 5.24. The van der Waals surface area contributed by atoms with Crippen molar-refractivity contribution in [1.82, 2.24) is 14.8 Å². The molecule has 1 amide bonds. The summed E-state index contributed by atoms with van der Waals surface area (Å²) in [7, 11) is 16.0. The lowest BCUT2D eigenvalue weighted by molar-refractivity contribution is 0.0821. The molecule has 0 N–H and O–H groups in total. The van der Waals surface area contributed by atoms with Gasteiger partial charge in [-0.1, -0.05) is 26.8 Å². The van der Waals surface area contributed by atoms with Crippen LogP contribution in [0.3, 0.4) is 0 Å². The van der Waals surface area contributed by atoms with Crippen LogP contribution in [-0.4, -0.2) is 63.6 Å². The van der Waals surface area contributed by atoms with Crippen LogP contribution in [0.1, 0.15) is 49.8 Å². The van der Waals surface area contributed by atoms with Crippen LogP contribution >= 0.6 is 0 Å². The number of hydrogen-bond donors (Lipinski definition) is 0. The normalized spacial score (nSPS) is 16.4. The van der Waals surface area contributed by atoms with Gasteiger partial charge in [0.2, 0.25) is 0 Å². The third-order valence-corrected chi connectivity index (χ3v) is 4.09. The number of piperidine rings is 1. The average molecular weight is 311 g/mol. The van der Waals surface area contributed by atoms with Gasteiger partial charge in [0.05, 0.1) is 15.7 Å². The number of likely N-dealkylation sites (tertiary alicyclic amines) is 1. The van der Waals surface area contributed by atoms with Crippen molar-refractivity contribution in [2.75, 3.05) is 27.2 Å². The monoisotopic (exact) mass is 311 g/mol. The second-order valence-corrected chi connectivity index (χ2v) is 6.10. The lowest BCUT2D eigenvalue weighted by Gasteiger charge is -2.43. The molecule has 1 aliphatic rings. The second-order valence-electron chi connectivity index (χ2n) is 6.10. The first-order chi connectivity index (χ1) is 10.8. The van der Waals surface area contributed by atoms with Crippen LogP contribution in [0, 0.1) is 5.92 Å². The summed E-state index contributed by atoms with van der Waals surface area (Å²) in [5.74, 6) is 0.548. The van der Waals surface area contributed by atoms with E-state index in [1.807, 2.05) is 18.7 Å². The van der Waals surface area contributed by atoms with E-state index < -0.39 is 5.34 Å². The highest BCUT2D eigenvalue weighted by Gasteiger charge is 2.31. The molecule has 0 bridgehead atoms. The molecule has 122 valence electrons. The summed E-state index contributed by atoms with van der Waals surface area (Å²) in [5, 5.41) is -1.14. The molecule has 1 fully saturated rings. The van der Waals surface area contributed by atoms with Gasteiger partial charge in [-0.3, -0.25) is 4.79 Å². The molecule has 0 saturated carbocycles. The standard InChI is InChI=1S/C15H21B2N3O.C2H6/c1-11-7-9-20(10-8-11)15(16,17)13-6-4-5-12(18-13)14(21)19(2)3;1-2/h4-6,11H,7-10H2,1-3H3;1-2H3. The molecular weight excluding hydrogens is 284 g/mol. The Bertz CT molecular complexity index is 512.